The van der Waals surface area contributed by atoms with Crippen molar-refractivity contribution in [1.82, 2.24) is 4.98 Å². The molecule has 0 fully saturated rings. The Kier molecular flexibility index (Phi) is 3.93. The lowest BCUT2D eigenvalue weighted by molar-refractivity contribution is -0.111. The third-order valence-corrected chi connectivity index (χ3v) is 4.08. The van der Waals surface area contributed by atoms with Crippen LogP contribution < -0.4 is 0 Å². The molecule has 1 N–H and O–H groups in total. The fourth-order valence-electron chi connectivity index (χ4n) is 3.11. The first kappa shape index (κ1) is 15.9. The smallest absolute Gasteiger partial charge is 0.340 e. The highest BCUT2D eigenvalue weighted by atomic mass is 16.5. The molecule has 1 aromatic heterocycles. The summed E-state index contributed by atoms with van der Waals surface area (Å²) < 4.78 is 5.15. The molecule has 0 unspecified atom stereocenters. The molecule has 3 rings (SSSR count). The van der Waals surface area contributed by atoms with E-state index in [0.29, 0.717) is 33.5 Å². The molecule has 24 heavy (non-hydrogen) atoms. The molecule has 0 amide bonds. The minimum atomic E-state index is -0.586. The Morgan fingerprint density at radius 2 is 1.75 bits per heavy atom. The van der Waals surface area contributed by atoms with E-state index in [4.69, 9.17) is 4.74 Å². The number of Topliss-reactive ketones (excluding diaryl/α,β-unsaturated/α-hetero) is 1. The fourth-order valence-corrected chi connectivity index (χ4v) is 3.11. The molecule has 1 aliphatic rings. The largest absolute Gasteiger partial charge is 0.462 e. The summed E-state index contributed by atoms with van der Waals surface area (Å²) in [5, 5.41) is 0. The molecule has 0 saturated carbocycles. The average molecular weight is 323 g/mol. The quantitative estimate of drug-likeness (QED) is 0.696. The number of esters is 1. The van der Waals surface area contributed by atoms with Crippen molar-refractivity contribution >= 4 is 23.1 Å². The number of benzene rings is 1. The highest BCUT2D eigenvalue weighted by Gasteiger charge is 2.31. The van der Waals surface area contributed by atoms with Gasteiger partial charge in [0.1, 0.15) is 0 Å². The summed E-state index contributed by atoms with van der Waals surface area (Å²) in [4.78, 5) is 39.7. The lowest BCUT2D eigenvalue weighted by Gasteiger charge is -2.17. The van der Waals surface area contributed by atoms with Gasteiger partial charge in [0.2, 0.25) is 11.6 Å². The predicted molar refractivity (Wildman–Crippen MR) is 89.1 cm³/mol. The molecule has 0 atom stereocenters. The van der Waals surface area contributed by atoms with E-state index in [0.717, 1.165) is 5.69 Å². The number of ketones is 2. The Bertz CT molecular complexity index is 902. The monoisotopic (exact) mass is 323 g/mol. The first-order valence-electron chi connectivity index (χ1n) is 7.72. The number of rotatable bonds is 3. The number of carbonyl (C=O) groups is 3. The van der Waals surface area contributed by atoms with E-state index in [-0.39, 0.29) is 6.61 Å². The van der Waals surface area contributed by atoms with Crippen LogP contribution in [0, 0.1) is 13.8 Å². The first-order valence-corrected chi connectivity index (χ1v) is 7.72. The van der Waals surface area contributed by atoms with Crippen LogP contribution in [-0.2, 0) is 9.53 Å². The molecule has 122 valence electrons. The third kappa shape index (κ3) is 2.38. The van der Waals surface area contributed by atoms with Gasteiger partial charge < -0.3 is 9.72 Å². The van der Waals surface area contributed by atoms with Crippen LogP contribution in [0.4, 0.5) is 0 Å². The van der Waals surface area contributed by atoms with Crippen molar-refractivity contribution < 1.29 is 19.1 Å². The van der Waals surface area contributed by atoms with E-state index in [1.807, 2.05) is 6.92 Å². The molecule has 1 aliphatic carbocycles. The van der Waals surface area contributed by atoms with Crippen molar-refractivity contribution in [2.24, 2.45) is 0 Å². The fraction of sp³-hybridized carbons (Fsp3) is 0.211. The van der Waals surface area contributed by atoms with E-state index < -0.39 is 17.5 Å². The number of aromatic amines is 1. The number of carbonyl (C=O) groups excluding carboxylic acids is 3. The number of hydrogen-bond acceptors (Lipinski definition) is 4. The van der Waals surface area contributed by atoms with Crippen molar-refractivity contribution in [3.8, 4) is 0 Å². The number of hydrogen-bond donors (Lipinski definition) is 1. The minimum absolute atomic E-state index is 0.259. The van der Waals surface area contributed by atoms with Gasteiger partial charge in [0, 0.05) is 22.5 Å². The number of ether oxygens (including phenoxy) is 1. The van der Waals surface area contributed by atoms with E-state index in [2.05, 4.69) is 4.98 Å². The van der Waals surface area contributed by atoms with Gasteiger partial charge >= 0.3 is 5.97 Å². The summed E-state index contributed by atoms with van der Waals surface area (Å²) in [6, 6.07) is 6.92. The molecule has 0 spiro atoms. The number of fused-ring (bicyclic) bond motifs is 1. The van der Waals surface area contributed by atoms with Gasteiger partial charge in [-0.05, 0) is 38.0 Å². The lowest BCUT2D eigenvalue weighted by Crippen LogP contribution is -2.20. The molecule has 1 aromatic carbocycles. The van der Waals surface area contributed by atoms with Crippen molar-refractivity contribution in [3.63, 3.8) is 0 Å². The maximum absolute atomic E-state index is 12.4. The van der Waals surface area contributed by atoms with E-state index in [1.165, 1.54) is 6.08 Å². The molecule has 0 bridgehead atoms. The molecule has 2 aromatic rings. The zero-order chi connectivity index (χ0) is 17.4. The summed E-state index contributed by atoms with van der Waals surface area (Å²) in [5.41, 5.74) is 4.00. The highest BCUT2D eigenvalue weighted by Crippen LogP contribution is 2.35. The first-order chi connectivity index (χ1) is 11.5. The number of aromatic nitrogens is 1. The zero-order valence-electron chi connectivity index (χ0n) is 13.7. The standard InChI is InChI=1S/C19H17NO4/c1-4-24-19(23)17-11(3)20-10(2)16(17)14-9-15(21)18(22)13-8-6-5-7-12(13)14/h5-9,20H,4H2,1-3H3. The van der Waals surface area contributed by atoms with Crippen molar-refractivity contribution in [2.45, 2.75) is 20.8 Å². The van der Waals surface area contributed by atoms with Crippen molar-refractivity contribution in [1.29, 1.82) is 0 Å². The van der Waals surface area contributed by atoms with Gasteiger partial charge in [0.15, 0.2) is 0 Å². The average Bonchev–Trinajstić information content (AvgIpc) is 2.85. The Hall–Kier alpha value is -2.95. The van der Waals surface area contributed by atoms with Crippen LogP contribution >= 0.6 is 0 Å². The summed E-state index contributed by atoms with van der Waals surface area (Å²) in [6.45, 7) is 5.61. The van der Waals surface area contributed by atoms with Gasteiger partial charge in [-0.2, -0.15) is 0 Å². The highest BCUT2D eigenvalue weighted by molar-refractivity contribution is 6.51. The molecule has 0 saturated heterocycles. The van der Waals surface area contributed by atoms with Gasteiger partial charge in [0.25, 0.3) is 0 Å². The number of aryl methyl sites for hydroxylation is 2. The summed E-state index contributed by atoms with van der Waals surface area (Å²) in [7, 11) is 0. The zero-order valence-corrected chi connectivity index (χ0v) is 13.7. The summed E-state index contributed by atoms with van der Waals surface area (Å²) in [6.07, 6.45) is 1.31. The van der Waals surface area contributed by atoms with Crippen LogP contribution in [0.1, 0.15) is 50.2 Å². The molecule has 0 radical (unpaired) electrons. The maximum Gasteiger partial charge on any atom is 0.340 e. The van der Waals surface area contributed by atoms with Crippen LogP contribution in [0.5, 0.6) is 0 Å². The summed E-state index contributed by atoms with van der Waals surface area (Å²) >= 11 is 0. The van der Waals surface area contributed by atoms with Crippen LogP contribution in [0.3, 0.4) is 0 Å². The molecule has 1 heterocycles. The predicted octanol–water partition coefficient (Wildman–Crippen LogP) is 3.01. The second-order valence-electron chi connectivity index (χ2n) is 5.64. The topological polar surface area (TPSA) is 76.2 Å². The van der Waals surface area contributed by atoms with Crippen molar-refractivity contribution in [2.75, 3.05) is 6.61 Å². The second kappa shape index (κ2) is 5.92. The van der Waals surface area contributed by atoms with E-state index >= 15 is 0 Å². The summed E-state index contributed by atoms with van der Waals surface area (Å²) in [5.74, 6) is -1.56. The Morgan fingerprint density at radius 1 is 1.08 bits per heavy atom. The Labute approximate surface area is 139 Å². The van der Waals surface area contributed by atoms with Crippen LogP contribution in [0.2, 0.25) is 0 Å². The molecular weight excluding hydrogens is 306 g/mol. The molecule has 0 aliphatic heterocycles. The second-order valence-corrected chi connectivity index (χ2v) is 5.64. The Balaban J connectivity index is 2.27. The third-order valence-electron chi connectivity index (χ3n) is 4.08. The molecular formula is C19H17NO4. The van der Waals surface area contributed by atoms with Gasteiger partial charge in [-0.3, -0.25) is 9.59 Å². The normalized spacial score (nSPS) is 13.5. The van der Waals surface area contributed by atoms with Crippen LogP contribution in [-0.4, -0.2) is 29.1 Å². The van der Waals surface area contributed by atoms with E-state index in [1.54, 1.807) is 38.1 Å². The van der Waals surface area contributed by atoms with Gasteiger partial charge in [0.05, 0.1) is 12.2 Å². The minimum Gasteiger partial charge on any atom is -0.462 e. The lowest BCUT2D eigenvalue weighted by atomic mass is 9.84. The van der Waals surface area contributed by atoms with Gasteiger partial charge in [-0.25, -0.2) is 4.79 Å². The number of allylic oxidation sites excluding steroid dienone is 1. The number of nitrogens with one attached hydrogen (secondary N) is 1. The van der Waals surface area contributed by atoms with Crippen molar-refractivity contribution in [3.05, 3.63) is 64.0 Å². The van der Waals surface area contributed by atoms with Gasteiger partial charge in [-0.15, -0.1) is 0 Å². The van der Waals surface area contributed by atoms with Gasteiger partial charge in [-0.1, -0.05) is 24.3 Å². The Morgan fingerprint density at radius 3 is 2.42 bits per heavy atom. The maximum atomic E-state index is 12.4. The van der Waals surface area contributed by atoms with E-state index in [9.17, 15) is 14.4 Å². The molecule has 5 heteroatoms. The molecule has 5 nitrogen and oxygen atoms in total. The number of H-pyrrole nitrogens is 1. The SMILES string of the molecule is CCOC(=O)c1c(C)[nH]c(C)c1C1=CC(=O)C(=O)c2ccccc21. The van der Waals surface area contributed by atoms with Crippen LogP contribution in [0.15, 0.2) is 30.3 Å². The van der Waals surface area contributed by atoms with Crippen LogP contribution in [0.25, 0.3) is 5.57 Å².